The number of carbonyl (C=O) groups excluding carboxylic acids is 3. The van der Waals surface area contributed by atoms with E-state index in [4.69, 9.17) is 9.16 Å². The maximum absolute atomic E-state index is 12.4. The molecule has 1 atom stereocenters. The summed E-state index contributed by atoms with van der Waals surface area (Å²) in [5.41, 5.74) is -0.119. The molecule has 8 heteroatoms. The van der Waals surface area contributed by atoms with Crippen molar-refractivity contribution in [3.8, 4) is 0 Å². The van der Waals surface area contributed by atoms with Gasteiger partial charge in [-0.05, 0) is 45.3 Å². The topological polar surface area (TPSA) is 84.9 Å². The smallest absolute Gasteiger partial charge is 0.408 e. The molecule has 1 unspecified atom stereocenters. The number of carbonyl (C=O) groups is 3. The number of nitrogens with zero attached hydrogens (tertiary/aromatic N) is 1. The summed E-state index contributed by atoms with van der Waals surface area (Å²) in [7, 11) is -2.04. The molecule has 3 amide bonds. The van der Waals surface area contributed by atoms with Gasteiger partial charge in [0.15, 0.2) is 8.32 Å². The van der Waals surface area contributed by atoms with E-state index >= 15 is 0 Å². The maximum Gasteiger partial charge on any atom is 0.408 e. The zero-order valence-electron chi connectivity index (χ0n) is 18.8. The highest BCUT2D eigenvalue weighted by atomic mass is 28.4. The predicted molar refractivity (Wildman–Crippen MR) is 111 cm³/mol. The van der Waals surface area contributed by atoms with Gasteiger partial charge in [0.05, 0.1) is 12.6 Å². The third-order valence-corrected chi connectivity index (χ3v) is 9.54. The highest BCUT2D eigenvalue weighted by Crippen LogP contribution is 2.36. The van der Waals surface area contributed by atoms with Crippen LogP contribution in [0.15, 0.2) is 11.6 Å². The molecule has 0 aromatic carbocycles. The summed E-state index contributed by atoms with van der Waals surface area (Å²) in [4.78, 5) is 37.5. The minimum Gasteiger partial charge on any atom is -0.444 e. The predicted octanol–water partition coefficient (Wildman–Crippen LogP) is 3.61. The van der Waals surface area contributed by atoms with Gasteiger partial charge in [0.25, 0.3) is 5.91 Å². The zero-order chi connectivity index (χ0) is 21.9. The number of ether oxygens (including phenoxy) is 1. The maximum atomic E-state index is 12.4. The summed E-state index contributed by atoms with van der Waals surface area (Å²) < 4.78 is 11.6. The number of amides is 3. The molecule has 0 saturated carbocycles. The highest BCUT2D eigenvalue weighted by Gasteiger charge is 2.38. The van der Waals surface area contributed by atoms with Gasteiger partial charge < -0.3 is 14.5 Å². The molecule has 0 bridgehead atoms. The Balaban J connectivity index is 2.98. The van der Waals surface area contributed by atoms with E-state index in [1.54, 1.807) is 26.8 Å². The van der Waals surface area contributed by atoms with Crippen LogP contribution in [-0.2, 0) is 18.8 Å². The average molecular weight is 413 g/mol. The molecule has 1 rings (SSSR count). The molecule has 160 valence electrons. The Bertz CT molecular complexity index is 644. The van der Waals surface area contributed by atoms with E-state index in [9.17, 15) is 14.4 Å². The zero-order valence-corrected chi connectivity index (χ0v) is 19.8. The normalized spacial score (nSPS) is 18.4. The molecule has 1 saturated heterocycles. The van der Waals surface area contributed by atoms with Crippen LogP contribution in [0.1, 0.15) is 54.9 Å². The van der Waals surface area contributed by atoms with Crippen molar-refractivity contribution in [2.45, 2.75) is 84.7 Å². The fourth-order valence-electron chi connectivity index (χ4n) is 2.42. The number of rotatable bonds is 5. The molecule has 0 aromatic heterocycles. The van der Waals surface area contributed by atoms with E-state index in [1.165, 1.54) is 11.8 Å². The van der Waals surface area contributed by atoms with Crippen LogP contribution in [0, 0.1) is 0 Å². The lowest BCUT2D eigenvalue weighted by Gasteiger charge is -2.37. The standard InChI is InChI=1S/C20H36N2O5Si/c1-14(23)22-11-10-15(17(22)24)12-16(21-18(25)27-19(2,3)4)13-26-28(8,9)20(5,6)7/h12,16H,10-11,13H2,1-9H3,(H,21,25)/b15-12+. The van der Waals surface area contributed by atoms with Gasteiger partial charge in [-0.3, -0.25) is 14.5 Å². The van der Waals surface area contributed by atoms with Crippen LogP contribution in [0.25, 0.3) is 0 Å². The van der Waals surface area contributed by atoms with Crippen molar-refractivity contribution in [3.63, 3.8) is 0 Å². The number of hydrogen-bond acceptors (Lipinski definition) is 5. The van der Waals surface area contributed by atoms with Crippen molar-refractivity contribution in [1.29, 1.82) is 0 Å². The molecule has 0 spiro atoms. The summed E-state index contributed by atoms with van der Waals surface area (Å²) in [5.74, 6) is -0.585. The van der Waals surface area contributed by atoms with Gasteiger partial charge >= 0.3 is 6.09 Å². The van der Waals surface area contributed by atoms with E-state index in [2.05, 4.69) is 39.2 Å². The van der Waals surface area contributed by atoms with Crippen LogP contribution < -0.4 is 5.32 Å². The summed E-state index contributed by atoms with van der Waals surface area (Å²) >= 11 is 0. The molecule has 0 aliphatic carbocycles. The Morgan fingerprint density at radius 2 is 1.79 bits per heavy atom. The quantitative estimate of drug-likeness (QED) is 0.551. The number of imide groups is 1. The van der Waals surface area contributed by atoms with E-state index in [0.717, 1.165) is 0 Å². The monoisotopic (exact) mass is 412 g/mol. The van der Waals surface area contributed by atoms with Crippen molar-refractivity contribution in [3.05, 3.63) is 11.6 Å². The van der Waals surface area contributed by atoms with Crippen molar-refractivity contribution < 1.29 is 23.5 Å². The van der Waals surface area contributed by atoms with Crippen molar-refractivity contribution >= 4 is 26.2 Å². The van der Waals surface area contributed by atoms with E-state index in [0.29, 0.717) is 18.5 Å². The van der Waals surface area contributed by atoms with Crippen LogP contribution in [0.3, 0.4) is 0 Å². The van der Waals surface area contributed by atoms with Crippen LogP contribution in [-0.4, -0.2) is 55.9 Å². The Labute approximate surface area is 170 Å². The first kappa shape index (κ1) is 24.4. The highest BCUT2D eigenvalue weighted by molar-refractivity contribution is 6.74. The number of hydrogen-bond donors (Lipinski definition) is 1. The first-order chi connectivity index (χ1) is 12.5. The number of likely N-dealkylation sites (tertiary alicyclic amines) is 1. The van der Waals surface area contributed by atoms with Gasteiger partial charge in [-0.1, -0.05) is 26.8 Å². The minimum atomic E-state index is -2.04. The van der Waals surface area contributed by atoms with Crippen molar-refractivity contribution in [2.24, 2.45) is 0 Å². The van der Waals surface area contributed by atoms with Crippen LogP contribution in [0.5, 0.6) is 0 Å². The lowest BCUT2D eigenvalue weighted by atomic mass is 10.1. The Hall–Kier alpha value is -1.67. The Kier molecular flexibility index (Phi) is 7.64. The molecule has 7 nitrogen and oxygen atoms in total. The molecule has 1 N–H and O–H groups in total. The average Bonchev–Trinajstić information content (AvgIpc) is 2.83. The van der Waals surface area contributed by atoms with Crippen LogP contribution >= 0.6 is 0 Å². The third-order valence-electron chi connectivity index (χ3n) is 5.04. The number of alkyl carbamates (subject to hydrolysis) is 1. The van der Waals surface area contributed by atoms with E-state index in [1.807, 2.05) is 0 Å². The third kappa shape index (κ3) is 7.05. The molecular weight excluding hydrogens is 376 g/mol. The SMILES string of the molecule is CC(=O)N1CC/C(=C\C(CO[Si](C)(C)C(C)(C)C)NC(=O)OC(C)(C)C)C1=O. The first-order valence-electron chi connectivity index (χ1n) is 9.70. The van der Waals surface area contributed by atoms with Gasteiger partial charge in [0.2, 0.25) is 5.91 Å². The second-order valence-electron chi connectivity index (χ2n) is 9.74. The van der Waals surface area contributed by atoms with Gasteiger partial charge in [0, 0.05) is 19.0 Å². The van der Waals surface area contributed by atoms with Gasteiger partial charge in [-0.15, -0.1) is 0 Å². The summed E-state index contributed by atoms with van der Waals surface area (Å²) in [6.07, 6.45) is 1.59. The van der Waals surface area contributed by atoms with Crippen molar-refractivity contribution in [1.82, 2.24) is 10.2 Å². The molecule has 1 aliphatic rings. The summed E-state index contributed by atoms with van der Waals surface area (Å²) in [5, 5.41) is 2.81. The molecule has 0 aromatic rings. The fourth-order valence-corrected chi connectivity index (χ4v) is 3.45. The van der Waals surface area contributed by atoms with E-state index in [-0.39, 0.29) is 23.5 Å². The molecule has 1 heterocycles. The van der Waals surface area contributed by atoms with Gasteiger partial charge in [0.1, 0.15) is 5.60 Å². The molecule has 28 heavy (non-hydrogen) atoms. The lowest BCUT2D eigenvalue weighted by molar-refractivity contribution is -0.138. The Morgan fingerprint density at radius 3 is 2.21 bits per heavy atom. The second-order valence-corrected chi connectivity index (χ2v) is 14.6. The molecule has 1 fully saturated rings. The van der Waals surface area contributed by atoms with Crippen LogP contribution in [0.2, 0.25) is 18.1 Å². The second kappa shape index (κ2) is 8.78. The number of nitrogens with one attached hydrogen (secondary N) is 1. The molecule has 1 aliphatic heterocycles. The van der Waals surface area contributed by atoms with Gasteiger partial charge in [-0.25, -0.2) is 4.79 Å². The molecule has 0 radical (unpaired) electrons. The van der Waals surface area contributed by atoms with Crippen LogP contribution in [0.4, 0.5) is 4.79 Å². The summed E-state index contributed by atoms with van der Waals surface area (Å²) in [6, 6.07) is -0.519. The Morgan fingerprint density at radius 1 is 1.21 bits per heavy atom. The first-order valence-corrected chi connectivity index (χ1v) is 12.6. The van der Waals surface area contributed by atoms with Gasteiger partial charge in [-0.2, -0.15) is 0 Å². The minimum absolute atomic E-state index is 0.0191. The molecular formula is C20H36N2O5Si. The van der Waals surface area contributed by atoms with E-state index < -0.39 is 26.1 Å². The largest absolute Gasteiger partial charge is 0.444 e. The van der Waals surface area contributed by atoms with Crippen molar-refractivity contribution in [2.75, 3.05) is 13.2 Å². The fraction of sp³-hybridized carbons (Fsp3) is 0.750. The summed E-state index contributed by atoms with van der Waals surface area (Å²) in [6.45, 7) is 18.0. The lowest BCUT2D eigenvalue weighted by Crippen LogP contribution is -2.46.